The fourth-order valence-electron chi connectivity index (χ4n) is 2.02. The van der Waals surface area contributed by atoms with Crippen molar-refractivity contribution < 1.29 is 22.6 Å². The molecule has 7 nitrogen and oxygen atoms in total. The molecule has 2 rings (SSSR count). The summed E-state index contributed by atoms with van der Waals surface area (Å²) in [7, 11) is 3.18. The Morgan fingerprint density at radius 2 is 1.96 bits per heavy atom. The first kappa shape index (κ1) is 22.7. The summed E-state index contributed by atoms with van der Waals surface area (Å²) in [6.07, 6.45) is 5.18. The standard InChI is InChI=1S/C12H10F2N4O2.C7H13N.3H2/c1-15-12(20)10-8(5-16-18-10)17-11(19)9-6(13)3-2-4-7(9)14;1-7(2)5-4-6-8-3;;;/h2-5H,1H3,(H,15,20)(H,16,18)(H,17,19);6H,1,4-5H2,2-3H3;3*1H. The molecule has 1 aromatic carbocycles. The molecule has 0 bridgehead atoms. The van der Waals surface area contributed by atoms with Crippen molar-refractivity contribution in [1.29, 1.82) is 0 Å². The normalized spacial score (nSPS) is 10.2. The fraction of sp³-hybridized carbons (Fsp3) is 0.263. The Kier molecular flexibility index (Phi) is 9.21. The van der Waals surface area contributed by atoms with Gasteiger partial charge in [0.15, 0.2) is 0 Å². The van der Waals surface area contributed by atoms with Crippen molar-refractivity contribution in [2.24, 2.45) is 4.99 Å². The van der Waals surface area contributed by atoms with Gasteiger partial charge in [0.2, 0.25) is 0 Å². The molecule has 0 saturated carbocycles. The molecule has 0 fully saturated rings. The lowest BCUT2D eigenvalue weighted by atomic mass is 10.2. The van der Waals surface area contributed by atoms with Gasteiger partial charge < -0.3 is 15.6 Å². The number of carbonyl (C=O) groups excluding carboxylic acids is 2. The molecule has 3 N–H and O–H groups in total. The molecule has 0 spiro atoms. The zero-order valence-corrected chi connectivity index (χ0v) is 16.0. The first-order valence-electron chi connectivity index (χ1n) is 8.37. The minimum atomic E-state index is -1.01. The third-order valence-electron chi connectivity index (χ3n) is 3.41. The van der Waals surface area contributed by atoms with Crippen molar-refractivity contribution in [2.45, 2.75) is 19.8 Å². The van der Waals surface area contributed by atoms with Crippen LogP contribution in [0, 0.1) is 11.6 Å². The number of carbonyl (C=O) groups is 2. The van der Waals surface area contributed by atoms with Crippen molar-refractivity contribution in [3.05, 3.63) is 59.4 Å². The minimum Gasteiger partial charge on any atom is -0.354 e. The van der Waals surface area contributed by atoms with E-state index in [0.29, 0.717) is 0 Å². The molecule has 0 aliphatic heterocycles. The van der Waals surface area contributed by atoms with Gasteiger partial charge in [-0.25, -0.2) is 8.78 Å². The molecule has 2 aromatic rings. The molecular formula is C19H29F2N5O2. The molecule has 0 radical (unpaired) electrons. The molecule has 1 aromatic heterocycles. The third kappa shape index (κ3) is 6.75. The number of halogens is 2. The molecule has 9 heteroatoms. The highest BCUT2D eigenvalue weighted by atomic mass is 19.1. The Morgan fingerprint density at radius 3 is 2.50 bits per heavy atom. The molecule has 2 amide bonds. The van der Waals surface area contributed by atoms with E-state index in [4.69, 9.17) is 0 Å². The summed E-state index contributed by atoms with van der Waals surface area (Å²) >= 11 is 0. The van der Waals surface area contributed by atoms with Gasteiger partial charge in [-0.1, -0.05) is 11.6 Å². The van der Waals surface area contributed by atoms with E-state index in [9.17, 15) is 18.4 Å². The van der Waals surface area contributed by atoms with Gasteiger partial charge in [-0.3, -0.25) is 14.7 Å². The van der Waals surface area contributed by atoms with Gasteiger partial charge in [0, 0.05) is 18.4 Å². The zero-order chi connectivity index (χ0) is 21.1. The van der Waals surface area contributed by atoms with Crippen molar-refractivity contribution in [3.8, 4) is 0 Å². The highest BCUT2D eigenvalue weighted by molar-refractivity contribution is 6.08. The average molecular weight is 397 g/mol. The second-order valence-electron chi connectivity index (χ2n) is 5.73. The van der Waals surface area contributed by atoms with E-state index >= 15 is 0 Å². The summed E-state index contributed by atoms with van der Waals surface area (Å²) in [5.41, 5.74) is 0.510. The molecule has 0 saturated heterocycles. The Balaban J connectivity index is -0.000000620. The third-order valence-corrected chi connectivity index (χ3v) is 3.41. The summed E-state index contributed by atoms with van der Waals surface area (Å²) in [4.78, 5) is 27.2. The average Bonchev–Trinajstić information content (AvgIpc) is 3.09. The summed E-state index contributed by atoms with van der Waals surface area (Å²) in [5, 5.41) is 10.5. The van der Waals surface area contributed by atoms with Gasteiger partial charge in [-0.05, 0) is 38.1 Å². The van der Waals surface area contributed by atoms with E-state index in [1.807, 2.05) is 13.1 Å². The SMILES string of the molecule is C=C(C)CCC=NC.CNC(=O)c1[nH]ncc1NC(=O)c1c(F)cccc1F.[HH].[HH].[HH]. The monoisotopic (exact) mass is 397 g/mol. The lowest BCUT2D eigenvalue weighted by molar-refractivity contribution is 0.0959. The Bertz CT molecular complexity index is 856. The Morgan fingerprint density at radius 1 is 1.32 bits per heavy atom. The Labute approximate surface area is 166 Å². The number of nitrogens with one attached hydrogen (secondary N) is 3. The largest absolute Gasteiger partial charge is 0.354 e. The predicted molar refractivity (Wildman–Crippen MR) is 111 cm³/mol. The molecule has 0 unspecified atom stereocenters. The molecule has 0 aliphatic carbocycles. The van der Waals surface area contributed by atoms with E-state index in [1.54, 1.807) is 7.05 Å². The van der Waals surface area contributed by atoms with Crippen molar-refractivity contribution in [3.63, 3.8) is 0 Å². The van der Waals surface area contributed by atoms with Gasteiger partial charge >= 0.3 is 0 Å². The zero-order valence-electron chi connectivity index (χ0n) is 16.0. The fourth-order valence-corrected chi connectivity index (χ4v) is 2.02. The summed E-state index contributed by atoms with van der Waals surface area (Å²) in [6, 6.07) is 3.08. The van der Waals surface area contributed by atoms with E-state index < -0.39 is 29.0 Å². The summed E-state index contributed by atoms with van der Waals surface area (Å²) in [5.74, 6) is -3.51. The number of nitrogens with zero attached hydrogens (tertiary/aromatic N) is 2. The molecule has 156 valence electrons. The minimum absolute atomic E-state index is 0. The van der Waals surface area contributed by atoms with E-state index in [0.717, 1.165) is 31.0 Å². The van der Waals surface area contributed by atoms with Crippen LogP contribution in [0.1, 0.15) is 44.9 Å². The number of amides is 2. The van der Waals surface area contributed by atoms with Gasteiger partial charge in [0.05, 0.1) is 11.9 Å². The number of benzene rings is 1. The number of anilines is 1. The molecule has 28 heavy (non-hydrogen) atoms. The number of allylic oxidation sites excluding steroid dienone is 1. The lowest BCUT2D eigenvalue weighted by Gasteiger charge is -2.06. The predicted octanol–water partition coefficient (Wildman–Crippen LogP) is 4.08. The molecule has 1 heterocycles. The number of rotatable bonds is 6. The number of hydrogen-bond donors (Lipinski definition) is 3. The molecular weight excluding hydrogens is 368 g/mol. The van der Waals surface area contributed by atoms with E-state index in [-0.39, 0.29) is 15.7 Å². The Hall–Kier alpha value is -3.36. The summed E-state index contributed by atoms with van der Waals surface area (Å²) < 4.78 is 26.9. The number of aromatic amines is 1. The van der Waals surface area contributed by atoms with E-state index in [2.05, 4.69) is 32.4 Å². The van der Waals surface area contributed by atoms with E-state index in [1.165, 1.54) is 18.8 Å². The van der Waals surface area contributed by atoms with Gasteiger partial charge in [0.25, 0.3) is 11.8 Å². The van der Waals surface area contributed by atoms with Gasteiger partial charge in [-0.2, -0.15) is 5.10 Å². The van der Waals surface area contributed by atoms with Crippen LogP contribution in [0.15, 0.2) is 41.5 Å². The van der Waals surface area contributed by atoms with Crippen LogP contribution in [0.25, 0.3) is 0 Å². The van der Waals surface area contributed by atoms with Crippen molar-refractivity contribution in [2.75, 3.05) is 19.4 Å². The van der Waals surface area contributed by atoms with Crippen LogP contribution in [-0.4, -0.2) is 42.3 Å². The van der Waals surface area contributed by atoms with Crippen molar-refractivity contribution in [1.82, 2.24) is 15.5 Å². The van der Waals surface area contributed by atoms with Gasteiger partial charge in [-0.15, -0.1) is 6.58 Å². The number of hydrogen-bond acceptors (Lipinski definition) is 4. The highest BCUT2D eigenvalue weighted by Crippen LogP contribution is 2.17. The van der Waals surface area contributed by atoms with Crippen LogP contribution < -0.4 is 10.6 Å². The van der Waals surface area contributed by atoms with Crippen LogP contribution >= 0.6 is 0 Å². The van der Waals surface area contributed by atoms with Crippen LogP contribution in [0.3, 0.4) is 0 Å². The maximum Gasteiger partial charge on any atom is 0.271 e. The van der Waals surface area contributed by atoms with Gasteiger partial charge in [0.1, 0.15) is 22.9 Å². The first-order chi connectivity index (χ1) is 13.3. The quantitative estimate of drug-likeness (QED) is 0.506. The second kappa shape index (κ2) is 11.4. The topological polar surface area (TPSA) is 99.2 Å². The highest BCUT2D eigenvalue weighted by Gasteiger charge is 2.20. The van der Waals surface area contributed by atoms with Crippen LogP contribution in [-0.2, 0) is 0 Å². The number of H-pyrrole nitrogens is 1. The van der Waals surface area contributed by atoms with Crippen LogP contribution in [0.2, 0.25) is 0 Å². The number of aliphatic imine (C=N–C) groups is 1. The lowest BCUT2D eigenvalue weighted by Crippen LogP contribution is -2.22. The first-order valence-corrected chi connectivity index (χ1v) is 8.37. The van der Waals surface area contributed by atoms with Crippen LogP contribution in [0.5, 0.6) is 0 Å². The maximum atomic E-state index is 13.5. The van der Waals surface area contributed by atoms with Crippen LogP contribution in [0.4, 0.5) is 14.5 Å². The molecule has 0 aliphatic rings. The summed E-state index contributed by atoms with van der Waals surface area (Å²) in [6.45, 7) is 5.80. The van der Waals surface area contributed by atoms with Crippen molar-refractivity contribution >= 4 is 23.7 Å². The maximum absolute atomic E-state index is 13.5. The second-order valence-corrected chi connectivity index (χ2v) is 5.73. The smallest absolute Gasteiger partial charge is 0.271 e. The molecule has 0 atom stereocenters. The number of aromatic nitrogens is 2.